The number of nitrogens with one attached hydrogen (secondary N) is 2. The van der Waals surface area contributed by atoms with Gasteiger partial charge in [-0.1, -0.05) is 18.2 Å². The molecule has 0 aliphatic heterocycles. The lowest BCUT2D eigenvalue weighted by Crippen LogP contribution is -2.37. The molecule has 0 fully saturated rings. The Hall–Kier alpha value is -2.13. The molecule has 2 N–H and O–H groups in total. The van der Waals surface area contributed by atoms with E-state index in [-0.39, 0.29) is 24.0 Å². The number of methoxy groups -OCH3 is 1. The number of hydrogen-bond donors (Lipinski definition) is 2. The Morgan fingerprint density at radius 2 is 1.93 bits per heavy atom. The number of benzene rings is 1. The van der Waals surface area contributed by atoms with Gasteiger partial charge in [-0.3, -0.25) is 9.98 Å². The first kappa shape index (κ1) is 22.2. The highest BCUT2D eigenvalue weighted by Gasteiger charge is 2.05. The zero-order chi connectivity index (χ0) is 18.9. The second-order valence-corrected chi connectivity index (χ2v) is 6.95. The minimum Gasteiger partial charge on any atom is -0.497 e. The van der Waals surface area contributed by atoms with Crippen LogP contribution in [-0.2, 0) is 13.0 Å². The van der Waals surface area contributed by atoms with Gasteiger partial charge in [0.1, 0.15) is 5.75 Å². The van der Waals surface area contributed by atoms with Gasteiger partial charge in [0.2, 0.25) is 0 Å². The van der Waals surface area contributed by atoms with Gasteiger partial charge in [-0.15, -0.1) is 35.3 Å². The number of pyridine rings is 1. The van der Waals surface area contributed by atoms with Crippen molar-refractivity contribution in [2.24, 2.45) is 4.99 Å². The molecule has 3 aromatic rings. The molecule has 0 atom stereocenters. The number of guanidine groups is 1. The van der Waals surface area contributed by atoms with Crippen LogP contribution in [0.15, 0.2) is 65.1 Å². The topological polar surface area (TPSA) is 58.5 Å². The average Bonchev–Trinajstić information content (AvgIpc) is 3.20. The standard InChI is InChI=1S/C21H24N4OS.HI/c1-22-21(24-12-10-18-5-3-4-11-23-18)25-14-20-13-17(15-27-20)16-6-8-19(26-2)9-7-16;/h3-9,11,13,15H,10,12,14H2,1-2H3,(H2,22,24,25);1H. The Kier molecular flexibility index (Phi) is 9.22. The number of ether oxygens (including phenoxy) is 1. The second-order valence-electron chi connectivity index (χ2n) is 5.95. The second kappa shape index (κ2) is 11.7. The van der Waals surface area contributed by atoms with E-state index >= 15 is 0 Å². The number of aliphatic imine (C=N–C) groups is 1. The smallest absolute Gasteiger partial charge is 0.191 e. The normalized spacial score (nSPS) is 10.9. The first-order valence-electron chi connectivity index (χ1n) is 8.85. The minimum absolute atomic E-state index is 0. The van der Waals surface area contributed by atoms with Crippen molar-refractivity contribution >= 4 is 41.3 Å². The minimum atomic E-state index is 0. The van der Waals surface area contributed by atoms with Gasteiger partial charge in [0.15, 0.2) is 5.96 Å². The van der Waals surface area contributed by atoms with Gasteiger partial charge in [-0.05, 0) is 46.8 Å². The lowest BCUT2D eigenvalue weighted by Gasteiger charge is -2.10. The molecule has 0 unspecified atom stereocenters. The molecule has 2 aromatic heterocycles. The quantitative estimate of drug-likeness (QED) is 0.283. The molecular formula is C21H25IN4OS. The molecule has 0 aliphatic rings. The summed E-state index contributed by atoms with van der Waals surface area (Å²) in [6.07, 6.45) is 2.68. The molecule has 7 heteroatoms. The SMILES string of the molecule is CN=C(NCCc1ccccn1)NCc1cc(-c2ccc(OC)cc2)cs1.I. The fourth-order valence-electron chi connectivity index (χ4n) is 2.65. The van der Waals surface area contributed by atoms with E-state index in [2.05, 4.69) is 44.2 Å². The van der Waals surface area contributed by atoms with Crippen molar-refractivity contribution in [1.82, 2.24) is 15.6 Å². The number of rotatable bonds is 7. The summed E-state index contributed by atoms with van der Waals surface area (Å²) in [6, 6.07) is 16.3. The maximum absolute atomic E-state index is 5.22. The molecule has 5 nitrogen and oxygen atoms in total. The Morgan fingerprint density at radius 3 is 2.61 bits per heavy atom. The van der Waals surface area contributed by atoms with Gasteiger partial charge in [0, 0.05) is 36.8 Å². The van der Waals surface area contributed by atoms with E-state index in [9.17, 15) is 0 Å². The van der Waals surface area contributed by atoms with Crippen LogP contribution < -0.4 is 15.4 Å². The van der Waals surface area contributed by atoms with E-state index in [1.54, 1.807) is 25.5 Å². The summed E-state index contributed by atoms with van der Waals surface area (Å²) in [6.45, 7) is 1.53. The van der Waals surface area contributed by atoms with E-state index in [1.165, 1.54) is 16.0 Å². The number of halogens is 1. The van der Waals surface area contributed by atoms with Crippen molar-refractivity contribution in [3.63, 3.8) is 0 Å². The van der Waals surface area contributed by atoms with Gasteiger partial charge in [-0.25, -0.2) is 0 Å². The first-order valence-corrected chi connectivity index (χ1v) is 9.72. The first-order chi connectivity index (χ1) is 13.3. The van der Waals surface area contributed by atoms with Crippen molar-refractivity contribution in [3.8, 4) is 16.9 Å². The van der Waals surface area contributed by atoms with Gasteiger partial charge >= 0.3 is 0 Å². The molecule has 0 bridgehead atoms. The maximum atomic E-state index is 5.22. The van der Waals surface area contributed by atoms with Crippen LogP contribution in [-0.4, -0.2) is 31.6 Å². The Balaban J connectivity index is 0.00000280. The molecule has 0 amide bonds. The summed E-state index contributed by atoms with van der Waals surface area (Å²) in [5.41, 5.74) is 3.48. The summed E-state index contributed by atoms with van der Waals surface area (Å²) < 4.78 is 5.22. The Bertz CT molecular complexity index is 866. The number of thiophene rings is 1. The third-order valence-corrected chi connectivity index (χ3v) is 5.07. The van der Waals surface area contributed by atoms with Crippen LogP contribution in [0.3, 0.4) is 0 Å². The fourth-order valence-corrected chi connectivity index (χ4v) is 3.49. The van der Waals surface area contributed by atoms with Gasteiger partial charge < -0.3 is 15.4 Å². The van der Waals surface area contributed by atoms with Crippen molar-refractivity contribution in [2.45, 2.75) is 13.0 Å². The van der Waals surface area contributed by atoms with Gasteiger partial charge in [0.25, 0.3) is 0 Å². The van der Waals surface area contributed by atoms with Crippen LogP contribution in [0.1, 0.15) is 10.6 Å². The molecule has 148 valence electrons. The van der Waals surface area contributed by atoms with Crippen LogP contribution >= 0.6 is 35.3 Å². The zero-order valence-corrected chi connectivity index (χ0v) is 19.2. The van der Waals surface area contributed by atoms with E-state index < -0.39 is 0 Å². The average molecular weight is 508 g/mol. The molecule has 0 aliphatic carbocycles. The van der Waals surface area contributed by atoms with Crippen molar-refractivity contribution in [3.05, 3.63) is 70.7 Å². The highest BCUT2D eigenvalue weighted by molar-refractivity contribution is 14.0. The van der Waals surface area contributed by atoms with Crippen LogP contribution in [0.4, 0.5) is 0 Å². The molecule has 0 radical (unpaired) electrons. The van der Waals surface area contributed by atoms with E-state index in [0.29, 0.717) is 0 Å². The molecule has 0 spiro atoms. The predicted octanol–water partition coefficient (Wildman–Crippen LogP) is 4.34. The molecular weight excluding hydrogens is 483 g/mol. The van der Waals surface area contributed by atoms with Crippen molar-refractivity contribution in [2.75, 3.05) is 20.7 Å². The fraction of sp³-hybridized carbons (Fsp3) is 0.238. The molecule has 28 heavy (non-hydrogen) atoms. The predicted molar refractivity (Wildman–Crippen MR) is 128 cm³/mol. The lowest BCUT2D eigenvalue weighted by molar-refractivity contribution is 0.415. The third kappa shape index (κ3) is 6.49. The summed E-state index contributed by atoms with van der Waals surface area (Å²) in [5.74, 6) is 1.67. The Labute approximate surface area is 187 Å². The number of aromatic nitrogens is 1. The zero-order valence-electron chi connectivity index (χ0n) is 16.0. The van der Waals surface area contributed by atoms with E-state index in [4.69, 9.17) is 4.74 Å². The summed E-state index contributed by atoms with van der Waals surface area (Å²) in [4.78, 5) is 9.87. The molecule has 0 saturated carbocycles. The summed E-state index contributed by atoms with van der Waals surface area (Å²) >= 11 is 1.74. The van der Waals surface area contributed by atoms with Crippen molar-refractivity contribution < 1.29 is 4.74 Å². The number of hydrogen-bond acceptors (Lipinski definition) is 4. The van der Waals surface area contributed by atoms with Crippen LogP contribution in [0, 0.1) is 0 Å². The lowest BCUT2D eigenvalue weighted by atomic mass is 10.1. The van der Waals surface area contributed by atoms with Crippen molar-refractivity contribution in [1.29, 1.82) is 0 Å². The van der Waals surface area contributed by atoms with Crippen LogP contribution in [0.2, 0.25) is 0 Å². The van der Waals surface area contributed by atoms with E-state index in [0.717, 1.165) is 36.9 Å². The van der Waals surface area contributed by atoms with Gasteiger partial charge in [-0.2, -0.15) is 0 Å². The molecule has 3 rings (SSSR count). The summed E-state index contributed by atoms with van der Waals surface area (Å²) in [7, 11) is 3.47. The largest absolute Gasteiger partial charge is 0.497 e. The Morgan fingerprint density at radius 1 is 1.11 bits per heavy atom. The van der Waals surface area contributed by atoms with Crippen LogP contribution in [0.25, 0.3) is 11.1 Å². The highest BCUT2D eigenvalue weighted by Crippen LogP contribution is 2.27. The van der Waals surface area contributed by atoms with E-state index in [1.807, 2.05) is 36.5 Å². The number of nitrogens with zero attached hydrogens (tertiary/aromatic N) is 2. The monoisotopic (exact) mass is 508 g/mol. The maximum Gasteiger partial charge on any atom is 0.191 e. The highest BCUT2D eigenvalue weighted by atomic mass is 127. The van der Waals surface area contributed by atoms with Crippen LogP contribution in [0.5, 0.6) is 5.75 Å². The molecule has 1 aromatic carbocycles. The molecule has 2 heterocycles. The van der Waals surface area contributed by atoms with Gasteiger partial charge in [0.05, 0.1) is 13.7 Å². The third-order valence-electron chi connectivity index (χ3n) is 4.13. The summed E-state index contributed by atoms with van der Waals surface area (Å²) in [5, 5.41) is 8.87. The molecule has 0 saturated heterocycles.